The van der Waals surface area contributed by atoms with Crippen LogP contribution in [0.5, 0.6) is 0 Å². The second-order valence-electron chi connectivity index (χ2n) is 7.60. The van der Waals surface area contributed by atoms with Gasteiger partial charge in [-0.25, -0.2) is 9.78 Å². The Morgan fingerprint density at radius 3 is 1.52 bits per heavy atom. The van der Waals surface area contributed by atoms with Crippen LogP contribution < -0.4 is 0 Å². The van der Waals surface area contributed by atoms with Gasteiger partial charge < -0.3 is 0 Å². The summed E-state index contributed by atoms with van der Waals surface area (Å²) in [5.41, 5.74) is -1.10. The third-order valence-electron chi connectivity index (χ3n) is 2.63. The third-order valence-corrected chi connectivity index (χ3v) is 2.63. The summed E-state index contributed by atoms with van der Waals surface area (Å²) in [5.74, 6) is -1.99. The molecule has 23 heavy (non-hydrogen) atoms. The van der Waals surface area contributed by atoms with E-state index in [1.165, 1.54) is 12.2 Å². The topological polar surface area (TPSA) is 74.3 Å². The predicted molar refractivity (Wildman–Crippen MR) is 82.7 cm³/mol. The average Bonchev–Trinajstić information content (AvgIpc) is 2.70. The first kappa shape index (κ1) is 19.8. The number of hydrogen-bond donors (Lipinski definition) is 0. The van der Waals surface area contributed by atoms with Gasteiger partial charge >= 0.3 is 0 Å². The van der Waals surface area contributed by atoms with Crippen molar-refractivity contribution < 1.29 is 29.1 Å². The molecule has 0 unspecified atom stereocenters. The summed E-state index contributed by atoms with van der Waals surface area (Å²) < 4.78 is 0. The molecule has 0 N–H and O–H groups in total. The molecular formula is C16H27NO6. The number of carbonyl (C=O) groups excluding carboxylic acids is 2. The molecule has 0 aromatic heterocycles. The summed E-state index contributed by atoms with van der Waals surface area (Å²) in [6, 6.07) is 0. The maximum absolute atomic E-state index is 11.6. The predicted octanol–water partition coefficient (Wildman–Crippen LogP) is 2.51. The zero-order valence-corrected chi connectivity index (χ0v) is 15.0. The molecule has 0 spiro atoms. The fraction of sp³-hybridized carbons (Fsp3) is 0.750. The number of nitrogens with zero attached hydrogens (tertiary/aromatic N) is 1. The van der Waals surface area contributed by atoms with Gasteiger partial charge in [0.15, 0.2) is 0 Å². The molecule has 0 saturated heterocycles. The van der Waals surface area contributed by atoms with Gasteiger partial charge in [-0.1, -0.05) is 0 Å². The Morgan fingerprint density at radius 2 is 1.17 bits per heavy atom. The van der Waals surface area contributed by atoms with Gasteiger partial charge in [-0.05, 0) is 48.5 Å². The maximum Gasteiger partial charge on any atom is 0.253 e. The van der Waals surface area contributed by atoms with Crippen molar-refractivity contribution in [2.45, 2.75) is 71.9 Å². The van der Waals surface area contributed by atoms with Crippen molar-refractivity contribution in [1.29, 1.82) is 0 Å². The summed E-state index contributed by atoms with van der Waals surface area (Å²) in [6.07, 6.45) is 2.66. The summed E-state index contributed by atoms with van der Waals surface area (Å²) in [4.78, 5) is 45.8. The molecule has 0 saturated carbocycles. The Morgan fingerprint density at radius 1 is 0.783 bits per heavy atom. The first-order chi connectivity index (χ1) is 10.3. The fourth-order valence-electron chi connectivity index (χ4n) is 1.49. The monoisotopic (exact) mass is 329 g/mol. The van der Waals surface area contributed by atoms with Crippen LogP contribution in [0.4, 0.5) is 0 Å². The van der Waals surface area contributed by atoms with Gasteiger partial charge in [0.05, 0.1) is 11.2 Å². The van der Waals surface area contributed by atoms with Crippen LogP contribution in [0.25, 0.3) is 0 Å². The number of hydrogen-bond acceptors (Lipinski definition) is 6. The quantitative estimate of drug-likeness (QED) is 0.309. The lowest BCUT2D eigenvalue weighted by Crippen LogP contribution is -2.42. The second-order valence-corrected chi connectivity index (χ2v) is 7.60. The summed E-state index contributed by atoms with van der Waals surface area (Å²) in [7, 11) is 0. The van der Waals surface area contributed by atoms with E-state index in [0.29, 0.717) is 0 Å². The number of imide groups is 1. The molecule has 1 aliphatic heterocycles. The Bertz CT molecular complexity index is 436. The van der Waals surface area contributed by atoms with Crippen molar-refractivity contribution in [3.8, 4) is 0 Å². The first-order valence-electron chi connectivity index (χ1n) is 7.59. The van der Waals surface area contributed by atoms with Crippen molar-refractivity contribution in [3.63, 3.8) is 0 Å². The largest absolute Gasteiger partial charge is 0.275 e. The van der Waals surface area contributed by atoms with Crippen molar-refractivity contribution in [2.75, 3.05) is 6.54 Å². The third kappa shape index (κ3) is 7.22. The lowest BCUT2D eigenvalue weighted by atomic mass is 10.2. The Kier molecular flexibility index (Phi) is 6.09. The molecular weight excluding hydrogens is 302 g/mol. The highest BCUT2D eigenvalue weighted by atomic mass is 17.3. The minimum atomic E-state index is -1.27. The van der Waals surface area contributed by atoms with Crippen LogP contribution in [0.2, 0.25) is 0 Å². The van der Waals surface area contributed by atoms with Gasteiger partial charge in [-0.2, -0.15) is 9.78 Å². The van der Waals surface area contributed by atoms with Crippen molar-refractivity contribution in [2.24, 2.45) is 0 Å². The molecule has 132 valence electrons. The number of amides is 2. The molecule has 0 fully saturated rings. The molecule has 0 radical (unpaired) electrons. The molecule has 0 atom stereocenters. The smallest absolute Gasteiger partial charge is 0.253 e. The SMILES string of the molecule is CC(C)(C)OOC(C)(CCN1C(=O)C=CC1=O)OOC(C)(C)C. The molecule has 1 heterocycles. The van der Waals surface area contributed by atoms with Gasteiger partial charge in [0, 0.05) is 25.1 Å². The zero-order valence-electron chi connectivity index (χ0n) is 15.0. The molecule has 1 aliphatic rings. The Labute approximate surface area is 137 Å². The van der Waals surface area contributed by atoms with Gasteiger partial charge in [0.1, 0.15) is 0 Å². The van der Waals surface area contributed by atoms with E-state index in [0.717, 1.165) is 4.90 Å². The standard InChI is InChI=1S/C16H27NO6/c1-14(2,3)20-22-16(7,23-21-15(4,5)6)10-11-17-12(18)8-9-13(17)19/h8-9H,10-11H2,1-7H3. The van der Waals surface area contributed by atoms with Crippen molar-refractivity contribution in [3.05, 3.63) is 12.2 Å². The van der Waals surface area contributed by atoms with Crippen LogP contribution >= 0.6 is 0 Å². The molecule has 7 heteroatoms. The highest BCUT2D eigenvalue weighted by Gasteiger charge is 2.36. The van der Waals surface area contributed by atoms with Gasteiger partial charge in [0.25, 0.3) is 11.8 Å². The molecule has 0 bridgehead atoms. The van der Waals surface area contributed by atoms with Crippen molar-refractivity contribution in [1.82, 2.24) is 4.90 Å². The fourth-order valence-corrected chi connectivity index (χ4v) is 1.49. The van der Waals surface area contributed by atoms with Crippen LogP contribution in [0.3, 0.4) is 0 Å². The summed E-state index contributed by atoms with van der Waals surface area (Å²) in [6.45, 7) is 12.7. The minimum Gasteiger partial charge on any atom is -0.275 e. The number of carbonyl (C=O) groups is 2. The maximum atomic E-state index is 11.6. The van der Waals surface area contributed by atoms with E-state index in [1.807, 2.05) is 41.5 Å². The number of rotatable bonds is 7. The van der Waals surface area contributed by atoms with Gasteiger partial charge in [-0.15, -0.1) is 0 Å². The molecule has 2 amide bonds. The summed E-state index contributed by atoms with van der Waals surface area (Å²) >= 11 is 0. The Hall–Kier alpha value is -1.28. The molecule has 0 aromatic rings. The average molecular weight is 329 g/mol. The van der Waals surface area contributed by atoms with E-state index in [1.54, 1.807) is 6.92 Å². The van der Waals surface area contributed by atoms with Gasteiger partial charge in [0.2, 0.25) is 5.79 Å². The highest BCUT2D eigenvalue weighted by molar-refractivity contribution is 6.12. The Balaban J connectivity index is 2.69. The van der Waals surface area contributed by atoms with Gasteiger partial charge in [-0.3, -0.25) is 14.5 Å². The summed E-state index contributed by atoms with van der Waals surface area (Å²) in [5, 5.41) is 0. The van der Waals surface area contributed by atoms with E-state index in [9.17, 15) is 9.59 Å². The molecule has 0 aliphatic carbocycles. The van der Waals surface area contributed by atoms with E-state index >= 15 is 0 Å². The van der Waals surface area contributed by atoms with E-state index in [2.05, 4.69) is 0 Å². The lowest BCUT2D eigenvalue weighted by molar-refractivity contribution is -0.537. The van der Waals surface area contributed by atoms with E-state index in [4.69, 9.17) is 19.6 Å². The van der Waals surface area contributed by atoms with Crippen molar-refractivity contribution >= 4 is 11.8 Å². The first-order valence-corrected chi connectivity index (χ1v) is 7.59. The van der Waals surface area contributed by atoms with Crippen LogP contribution in [0.15, 0.2) is 12.2 Å². The van der Waals surface area contributed by atoms with Crippen LogP contribution in [0.1, 0.15) is 54.9 Å². The normalized spacial score (nSPS) is 16.6. The van der Waals surface area contributed by atoms with Crippen LogP contribution in [-0.2, 0) is 29.1 Å². The molecule has 0 aromatic carbocycles. The lowest BCUT2D eigenvalue weighted by Gasteiger charge is -2.33. The highest BCUT2D eigenvalue weighted by Crippen LogP contribution is 2.25. The van der Waals surface area contributed by atoms with E-state index in [-0.39, 0.29) is 24.8 Å². The minimum absolute atomic E-state index is 0.127. The second kappa shape index (κ2) is 7.09. The van der Waals surface area contributed by atoms with E-state index < -0.39 is 17.0 Å². The molecule has 7 nitrogen and oxygen atoms in total. The zero-order chi connectivity index (χ0) is 17.9. The molecule has 1 rings (SSSR count). The van der Waals surface area contributed by atoms with Crippen LogP contribution in [0, 0.1) is 0 Å². The van der Waals surface area contributed by atoms with Crippen LogP contribution in [-0.4, -0.2) is 40.2 Å².